The molecule has 0 radical (unpaired) electrons. The highest BCUT2D eigenvalue weighted by atomic mass is 32.1. The number of quaternary nitrogens is 1. The number of carbonyl (C=O) groups is 1. The van der Waals surface area contributed by atoms with Crippen LogP contribution in [0.3, 0.4) is 0 Å². The summed E-state index contributed by atoms with van der Waals surface area (Å²) in [5.74, 6) is -1.42. The molecular formula is C17H23N3O4S. The fraction of sp³-hybridized carbons (Fsp3) is 0.588. The number of nitrogens with one attached hydrogen (secondary N) is 1. The van der Waals surface area contributed by atoms with Gasteiger partial charge >= 0.3 is 5.69 Å². The van der Waals surface area contributed by atoms with Crippen molar-refractivity contribution in [2.24, 2.45) is 0 Å². The molecule has 2 aromatic heterocycles. The summed E-state index contributed by atoms with van der Waals surface area (Å²) in [7, 11) is 0. The lowest BCUT2D eigenvalue weighted by molar-refractivity contribution is -0.897. The van der Waals surface area contributed by atoms with Crippen LogP contribution in [-0.2, 0) is 30.7 Å². The lowest BCUT2D eigenvalue weighted by atomic mass is 10.2. The summed E-state index contributed by atoms with van der Waals surface area (Å²) in [5, 5.41) is 11.6. The number of aliphatic carboxylic acids is 1. The number of nitrogens with zero attached hydrogens (tertiary/aromatic N) is 2. The average Bonchev–Trinajstić information content (AvgIpc) is 3.15. The van der Waals surface area contributed by atoms with Gasteiger partial charge in [-0.1, -0.05) is 0 Å². The molecule has 0 bridgehead atoms. The molecular weight excluding hydrogens is 342 g/mol. The molecule has 1 aliphatic rings. The third kappa shape index (κ3) is 3.16. The topological polar surface area (TPSA) is 88.6 Å². The molecule has 2 heterocycles. The number of aryl methyl sites for hydroxylation is 2. The first-order valence-corrected chi connectivity index (χ1v) is 9.60. The van der Waals surface area contributed by atoms with Gasteiger partial charge < -0.3 is 14.8 Å². The van der Waals surface area contributed by atoms with Gasteiger partial charge in [0.25, 0.3) is 5.56 Å². The molecule has 0 fully saturated rings. The lowest BCUT2D eigenvalue weighted by Crippen LogP contribution is -3.11. The molecule has 25 heavy (non-hydrogen) atoms. The number of carboxylic acids is 1. The van der Waals surface area contributed by atoms with Crippen LogP contribution < -0.4 is 21.3 Å². The average molecular weight is 365 g/mol. The molecule has 1 N–H and O–H groups in total. The summed E-state index contributed by atoms with van der Waals surface area (Å²) in [5.41, 5.74) is -0.0377. The minimum absolute atomic E-state index is 0.471. The largest absolute Gasteiger partial charge is 0.548 e. The molecule has 0 spiro atoms. The number of likely N-dealkylation sites (N-methyl/N-ethyl adjacent to an activating group) is 1. The predicted octanol–water partition coefficient (Wildman–Crippen LogP) is -1.61. The number of rotatable bonds is 7. The van der Waals surface area contributed by atoms with Gasteiger partial charge in [0.2, 0.25) is 0 Å². The van der Waals surface area contributed by atoms with Crippen molar-refractivity contribution in [1.82, 2.24) is 9.13 Å². The first-order chi connectivity index (χ1) is 12.0. The highest BCUT2D eigenvalue weighted by molar-refractivity contribution is 7.18. The Bertz CT molecular complexity index is 921. The monoisotopic (exact) mass is 365 g/mol. The highest BCUT2D eigenvalue weighted by Crippen LogP contribution is 2.34. The molecule has 136 valence electrons. The van der Waals surface area contributed by atoms with Gasteiger partial charge in [0, 0.05) is 4.88 Å². The van der Waals surface area contributed by atoms with Gasteiger partial charge in [-0.25, -0.2) is 4.79 Å². The summed E-state index contributed by atoms with van der Waals surface area (Å²) >= 11 is 1.51. The molecule has 8 heteroatoms. The Morgan fingerprint density at radius 3 is 2.56 bits per heavy atom. The molecule has 0 atom stereocenters. The minimum atomic E-state index is -1.42. The van der Waals surface area contributed by atoms with Gasteiger partial charge in [-0.15, -0.1) is 11.3 Å². The molecule has 7 nitrogen and oxygen atoms in total. The van der Waals surface area contributed by atoms with Gasteiger partial charge in [0.15, 0.2) is 0 Å². The van der Waals surface area contributed by atoms with E-state index in [1.54, 1.807) is 4.57 Å². The van der Waals surface area contributed by atoms with Crippen LogP contribution in [0.4, 0.5) is 0 Å². The number of aromatic nitrogens is 2. The van der Waals surface area contributed by atoms with E-state index in [9.17, 15) is 19.5 Å². The van der Waals surface area contributed by atoms with E-state index in [1.807, 2.05) is 0 Å². The quantitative estimate of drug-likeness (QED) is 0.639. The van der Waals surface area contributed by atoms with Crippen molar-refractivity contribution in [3.63, 3.8) is 0 Å². The summed E-state index contributed by atoms with van der Waals surface area (Å²) in [6.07, 6.45) is 2.74. The molecule has 0 aliphatic heterocycles. The van der Waals surface area contributed by atoms with Crippen LogP contribution in [0, 0.1) is 0 Å². The molecule has 0 unspecified atom stereocenters. The van der Waals surface area contributed by atoms with E-state index in [1.165, 1.54) is 16.2 Å². The van der Waals surface area contributed by atoms with Crippen molar-refractivity contribution in [3.05, 3.63) is 31.3 Å². The van der Waals surface area contributed by atoms with Gasteiger partial charge in [-0.2, -0.15) is 0 Å². The zero-order valence-corrected chi connectivity index (χ0v) is 15.4. The second kappa shape index (κ2) is 7.13. The maximum absolute atomic E-state index is 12.8. The first-order valence-electron chi connectivity index (χ1n) is 8.79. The van der Waals surface area contributed by atoms with Gasteiger partial charge in [0.1, 0.15) is 4.83 Å². The molecule has 2 aromatic rings. The van der Waals surface area contributed by atoms with Crippen molar-refractivity contribution in [2.45, 2.75) is 46.2 Å². The van der Waals surface area contributed by atoms with Crippen LogP contribution in [0.5, 0.6) is 0 Å². The third-order valence-corrected chi connectivity index (χ3v) is 6.36. The standard InChI is InChI=1S/C17H23N3O4S/c1-3-18(4-2)8-9-19-16-14(11-6-5-7-12(11)25-16)15(23)20(17(19)24)10-13(21)22/h3-10H2,1-2H3,(H,21,22). The Morgan fingerprint density at radius 1 is 1.20 bits per heavy atom. The lowest BCUT2D eigenvalue weighted by Gasteiger charge is -2.17. The summed E-state index contributed by atoms with van der Waals surface area (Å²) in [6.45, 7) is 6.62. The van der Waals surface area contributed by atoms with Gasteiger partial charge in [-0.05, 0) is 38.7 Å². The Labute approximate surface area is 149 Å². The van der Waals surface area contributed by atoms with Crippen molar-refractivity contribution in [2.75, 3.05) is 19.6 Å². The van der Waals surface area contributed by atoms with E-state index in [2.05, 4.69) is 13.8 Å². The Morgan fingerprint density at radius 2 is 1.92 bits per heavy atom. The maximum atomic E-state index is 12.8. The van der Waals surface area contributed by atoms with Crippen molar-refractivity contribution >= 4 is 27.5 Å². The molecule has 0 saturated heterocycles. The zero-order valence-electron chi connectivity index (χ0n) is 14.6. The summed E-state index contributed by atoms with van der Waals surface area (Å²) < 4.78 is 2.41. The van der Waals surface area contributed by atoms with E-state index >= 15 is 0 Å². The van der Waals surface area contributed by atoms with Gasteiger partial charge in [0.05, 0.1) is 44.1 Å². The van der Waals surface area contributed by atoms with E-state index in [0.29, 0.717) is 16.8 Å². The molecule has 0 saturated carbocycles. The first kappa shape index (κ1) is 17.9. The second-order valence-electron chi connectivity index (χ2n) is 6.44. The normalized spacial score (nSPS) is 13.7. The number of carbonyl (C=O) groups excluding carboxylic acids is 1. The highest BCUT2D eigenvalue weighted by Gasteiger charge is 2.24. The van der Waals surface area contributed by atoms with Crippen LogP contribution in [0.1, 0.15) is 30.7 Å². The Hall–Kier alpha value is -1.93. The molecule has 3 rings (SSSR count). The number of carboxylic acid groups (broad SMARTS) is 1. The van der Waals surface area contributed by atoms with Crippen LogP contribution in [0.25, 0.3) is 10.2 Å². The maximum Gasteiger partial charge on any atom is 0.332 e. The molecule has 0 aromatic carbocycles. The van der Waals surface area contributed by atoms with Crippen molar-refractivity contribution < 1.29 is 14.8 Å². The number of fused-ring (bicyclic) bond motifs is 3. The second-order valence-corrected chi connectivity index (χ2v) is 7.53. The van der Waals surface area contributed by atoms with Crippen molar-refractivity contribution in [3.8, 4) is 0 Å². The Balaban J connectivity index is 2.18. The van der Waals surface area contributed by atoms with Gasteiger partial charge in [-0.3, -0.25) is 13.9 Å². The van der Waals surface area contributed by atoms with E-state index in [4.69, 9.17) is 0 Å². The van der Waals surface area contributed by atoms with Crippen LogP contribution in [0.2, 0.25) is 0 Å². The summed E-state index contributed by atoms with van der Waals surface area (Å²) in [6, 6.07) is 0. The Kier molecular flexibility index (Phi) is 5.10. The van der Waals surface area contributed by atoms with Crippen LogP contribution in [-0.4, -0.2) is 34.7 Å². The molecule has 0 amide bonds. The fourth-order valence-electron chi connectivity index (χ4n) is 3.59. The fourth-order valence-corrected chi connectivity index (χ4v) is 4.99. The van der Waals surface area contributed by atoms with Crippen LogP contribution in [0.15, 0.2) is 9.59 Å². The van der Waals surface area contributed by atoms with Crippen molar-refractivity contribution in [1.29, 1.82) is 0 Å². The zero-order chi connectivity index (χ0) is 18.1. The predicted molar refractivity (Wildman–Crippen MR) is 94.3 cm³/mol. The SMILES string of the molecule is CC[NH+](CC)CCn1c(=O)n(CC(=O)[O-])c(=O)c2c3c(sc21)CCC3. The third-order valence-electron chi connectivity index (χ3n) is 5.04. The van der Waals surface area contributed by atoms with Crippen LogP contribution >= 0.6 is 11.3 Å². The van der Waals surface area contributed by atoms with E-state index < -0.39 is 23.8 Å². The number of thiophene rings is 1. The number of hydrogen-bond acceptors (Lipinski definition) is 5. The minimum Gasteiger partial charge on any atom is -0.548 e. The summed E-state index contributed by atoms with van der Waals surface area (Å²) in [4.78, 5) is 39.8. The van der Waals surface area contributed by atoms with E-state index in [-0.39, 0.29) is 0 Å². The molecule has 1 aliphatic carbocycles. The smallest absolute Gasteiger partial charge is 0.332 e. The van der Waals surface area contributed by atoms with E-state index in [0.717, 1.165) is 53.9 Å². The number of hydrogen-bond donors (Lipinski definition) is 1.